The summed E-state index contributed by atoms with van der Waals surface area (Å²) in [6.07, 6.45) is -1.35. The van der Waals surface area contributed by atoms with Crippen LogP contribution in [0.1, 0.15) is 13.2 Å². The number of fused-ring (bicyclic) bond motifs is 1. The molecule has 3 rings (SSSR count). The lowest BCUT2D eigenvalue weighted by Crippen LogP contribution is -2.42. The first-order valence-electron chi connectivity index (χ1n) is 5.80. The van der Waals surface area contributed by atoms with Crippen LogP contribution in [0, 0.1) is 5.41 Å². The number of hydrogen-bond acceptors (Lipinski definition) is 7. The molecule has 3 heterocycles. The summed E-state index contributed by atoms with van der Waals surface area (Å²) < 4.78 is 11.6. The Bertz CT molecular complexity index is 600. The molecule has 2 fully saturated rings. The van der Waals surface area contributed by atoms with E-state index in [1.807, 2.05) is 0 Å². The number of nitrogen functional groups attached to an aromatic ring is 1. The van der Waals surface area contributed by atoms with Crippen molar-refractivity contribution in [3.8, 4) is 0 Å². The third-order valence-electron chi connectivity index (χ3n) is 3.79. The average molecular weight is 267 g/mol. The molecule has 1 aromatic rings. The number of carbonyl (C=O) groups is 1. The van der Waals surface area contributed by atoms with Gasteiger partial charge in [-0.2, -0.15) is 4.98 Å². The molecule has 102 valence electrons. The normalized spacial score (nSPS) is 37.2. The van der Waals surface area contributed by atoms with Crippen molar-refractivity contribution in [3.05, 3.63) is 22.7 Å². The second-order valence-corrected chi connectivity index (χ2v) is 4.88. The summed E-state index contributed by atoms with van der Waals surface area (Å²) in [5, 5.41) is 10.3. The number of aromatic nitrogens is 2. The molecule has 8 nitrogen and oxygen atoms in total. The number of anilines is 1. The number of aliphatic hydroxyl groups excluding tert-OH is 1. The molecule has 0 unspecified atom stereocenters. The van der Waals surface area contributed by atoms with Gasteiger partial charge in [-0.05, 0) is 13.0 Å². The predicted molar refractivity (Wildman–Crippen MR) is 61.9 cm³/mol. The second kappa shape index (κ2) is 3.78. The van der Waals surface area contributed by atoms with Crippen molar-refractivity contribution in [2.45, 2.75) is 25.4 Å². The van der Waals surface area contributed by atoms with Gasteiger partial charge < -0.3 is 20.3 Å². The van der Waals surface area contributed by atoms with Gasteiger partial charge in [-0.25, -0.2) is 4.79 Å². The summed E-state index contributed by atoms with van der Waals surface area (Å²) in [5.41, 5.74) is 3.60. The number of aliphatic hydroxyl groups is 1. The lowest BCUT2D eigenvalue weighted by Gasteiger charge is -2.23. The molecule has 0 bridgehead atoms. The van der Waals surface area contributed by atoms with Crippen LogP contribution in [0.25, 0.3) is 0 Å². The van der Waals surface area contributed by atoms with Gasteiger partial charge in [0.05, 0.1) is 0 Å². The Morgan fingerprint density at radius 2 is 2.32 bits per heavy atom. The number of hydrogen-bond donors (Lipinski definition) is 2. The molecule has 0 saturated carbocycles. The molecule has 3 N–H and O–H groups in total. The van der Waals surface area contributed by atoms with E-state index in [0.29, 0.717) is 0 Å². The Morgan fingerprint density at radius 3 is 2.95 bits per heavy atom. The molecular weight excluding hydrogens is 254 g/mol. The zero-order valence-electron chi connectivity index (χ0n) is 10.1. The number of nitrogens with two attached hydrogens (primary N) is 1. The highest BCUT2D eigenvalue weighted by molar-refractivity contribution is 5.80. The predicted octanol–water partition coefficient (Wildman–Crippen LogP) is -1.35. The maximum atomic E-state index is 11.7. The zero-order valence-corrected chi connectivity index (χ0v) is 10.1. The van der Waals surface area contributed by atoms with E-state index in [-0.39, 0.29) is 12.4 Å². The van der Waals surface area contributed by atoms with E-state index in [1.165, 1.54) is 12.3 Å². The van der Waals surface area contributed by atoms with Crippen molar-refractivity contribution >= 4 is 11.8 Å². The standard InChI is InChI=1S/C11H13N3O5/c1-11-5(4-18-9(11)16)19-8(7(11)15)14-3-2-6(12)13-10(14)17/h2-3,5,7-8,15H,4H2,1H3,(H2,12,13,17)/t5-,7+,8-,11+/m1/s1. The Balaban J connectivity index is 2.01. The van der Waals surface area contributed by atoms with Gasteiger partial charge in [-0.3, -0.25) is 9.36 Å². The quantitative estimate of drug-likeness (QED) is 0.604. The molecule has 4 atom stereocenters. The van der Waals surface area contributed by atoms with Gasteiger partial charge in [0.15, 0.2) is 6.23 Å². The molecule has 0 aromatic carbocycles. The highest BCUT2D eigenvalue weighted by atomic mass is 16.6. The Kier molecular flexibility index (Phi) is 2.41. The molecule has 19 heavy (non-hydrogen) atoms. The highest BCUT2D eigenvalue weighted by Gasteiger charge is 2.63. The number of nitrogens with zero attached hydrogens (tertiary/aromatic N) is 2. The zero-order chi connectivity index (χ0) is 13.8. The van der Waals surface area contributed by atoms with Gasteiger partial charge in [-0.1, -0.05) is 0 Å². The third kappa shape index (κ3) is 1.50. The summed E-state index contributed by atoms with van der Waals surface area (Å²) >= 11 is 0. The van der Waals surface area contributed by atoms with Crippen LogP contribution in [-0.4, -0.2) is 39.4 Å². The van der Waals surface area contributed by atoms with Gasteiger partial charge in [0.2, 0.25) is 0 Å². The summed E-state index contributed by atoms with van der Waals surface area (Å²) in [4.78, 5) is 27.0. The van der Waals surface area contributed by atoms with Gasteiger partial charge in [0, 0.05) is 6.20 Å². The molecule has 0 spiro atoms. The lowest BCUT2D eigenvalue weighted by atomic mass is 9.82. The Labute approximate surface area is 107 Å². The number of esters is 1. The number of rotatable bonds is 1. The van der Waals surface area contributed by atoms with Crippen molar-refractivity contribution in [3.63, 3.8) is 0 Å². The van der Waals surface area contributed by atoms with E-state index in [0.717, 1.165) is 4.57 Å². The molecular formula is C11H13N3O5. The van der Waals surface area contributed by atoms with Gasteiger partial charge in [0.1, 0.15) is 30.0 Å². The van der Waals surface area contributed by atoms with Crippen LogP contribution in [0.2, 0.25) is 0 Å². The average Bonchev–Trinajstić information content (AvgIpc) is 2.77. The lowest BCUT2D eigenvalue weighted by molar-refractivity contribution is -0.151. The van der Waals surface area contributed by atoms with Crippen LogP contribution in [0.5, 0.6) is 0 Å². The van der Waals surface area contributed by atoms with Crippen molar-refractivity contribution in [1.29, 1.82) is 0 Å². The molecule has 2 saturated heterocycles. The third-order valence-corrected chi connectivity index (χ3v) is 3.79. The highest BCUT2D eigenvalue weighted by Crippen LogP contribution is 2.47. The van der Waals surface area contributed by atoms with Crippen LogP contribution in [0.15, 0.2) is 17.1 Å². The molecule has 2 aliphatic heterocycles. The second-order valence-electron chi connectivity index (χ2n) is 4.88. The number of carbonyl (C=O) groups excluding carboxylic acids is 1. The molecule has 0 radical (unpaired) electrons. The number of ether oxygens (including phenoxy) is 2. The van der Waals surface area contributed by atoms with Gasteiger partial charge in [-0.15, -0.1) is 0 Å². The first-order valence-corrected chi connectivity index (χ1v) is 5.80. The van der Waals surface area contributed by atoms with Gasteiger partial charge in [0.25, 0.3) is 0 Å². The number of cyclic esters (lactones) is 1. The monoisotopic (exact) mass is 267 g/mol. The summed E-state index contributed by atoms with van der Waals surface area (Å²) in [7, 11) is 0. The topological polar surface area (TPSA) is 117 Å². The van der Waals surface area contributed by atoms with E-state index in [4.69, 9.17) is 15.2 Å². The minimum atomic E-state index is -1.18. The summed E-state index contributed by atoms with van der Waals surface area (Å²) in [6, 6.07) is 1.42. The van der Waals surface area contributed by atoms with Crippen LogP contribution in [-0.2, 0) is 14.3 Å². The Hall–Kier alpha value is -1.93. The molecule has 1 aromatic heterocycles. The molecule has 0 aliphatic carbocycles. The minimum absolute atomic E-state index is 0.0695. The fourth-order valence-electron chi connectivity index (χ4n) is 2.48. The van der Waals surface area contributed by atoms with E-state index >= 15 is 0 Å². The van der Waals surface area contributed by atoms with Crippen molar-refractivity contribution in [2.24, 2.45) is 5.41 Å². The minimum Gasteiger partial charge on any atom is -0.462 e. The first-order chi connectivity index (χ1) is 8.94. The van der Waals surface area contributed by atoms with Crippen molar-refractivity contribution in [1.82, 2.24) is 9.55 Å². The summed E-state index contributed by atoms with van der Waals surface area (Å²) in [5.74, 6) is -0.441. The maximum absolute atomic E-state index is 11.7. The fourth-order valence-corrected chi connectivity index (χ4v) is 2.48. The van der Waals surface area contributed by atoms with Crippen molar-refractivity contribution < 1.29 is 19.4 Å². The van der Waals surface area contributed by atoms with Gasteiger partial charge >= 0.3 is 11.7 Å². The van der Waals surface area contributed by atoms with E-state index < -0.39 is 35.5 Å². The Morgan fingerprint density at radius 1 is 1.58 bits per heavy atom. The van der Waals surface area contributed by atoms with E-state index in [9.17, 15) is 14.7 Å². The van der Waals surface area contributed by atoms with Crippen LogP contribution < -0.4 is 11.4 Å². The summed E-state index contributed by atoms with van der Waals surface area (Å²) in [6.45, 7) is 1.63. The smallest absolute Gasteiger partial charge is 0.351 e. The SMILES string of the molecule is C[C@]12C(=O)OC[C@H]1O[C@@H](n1ccc(N)nc1=O)[C@@H]2O. The maximum Gasteiger partial charge on any atom is 0.351 e. The first kappa shape index (κ1) is 12.1. The largest absolute Gasteiger partial charge is 0.462 e. The van der Waals surface area contributed by atoms with E-state index in [2.05, 4.69) is 4.98 Å². The molecule has 8 heteroatoms. The van der Waals surface area contributed by atoms with Crippen molar-refractivity contribution in [2.75, 3.05) is 12.3 Å². The van der Waals surface area contributed by atoms with E-state index in [1.54, 1.807) is 6.92 Å². The van der Waals surface area contributed by atoms with Crippen LogP contribution in [0.4, 0.5) is 5.82 Å². The van der Waals surface area contributed by atoms with Crippen LogP contribution in [0.3, 0.4) is 0 Å². The fraction of sp³-hybridized carbons (Fsp3) is 0.545. The molecule has 0 amide bonds. The molecule has 2 aliphatic rings. The van der Waals surface area contributed by atoms with Crippen LogP contribution >= 0.6 is 0 Å².